The summed E-state index contributed by atoms with van der Waals surface area (Å²) in [5, 5.41) is 67.9. The molecule has 0 aliphatic heterocycles. The minimum atomic E-state index is -1.90. The molecule has 0 heterocycles. The van der Waals surface area contributed by atoms with E-state index < -0.39 is 151 Å². The number of aromatic hydroxyl groups is 2. The van der Waals surface area contributed by atoms with E-state index in [0.29, 0.717) is 11.1 Å². The van der Waals surface area contributed by atoms with Gasteiger partial charge in [-0.05, 0) is 79.8 Å². The predicted molar refractivity (Wildman–Crippen MR) is 287 cm³/mol. The third-order valence-corrected chi connectivity index (χ3v) is 12.3. The van der Waals surface area contributed by atoms with Crippen molar-refractivity contribution >= 4 is 71.1 Å². The molecule has 0 aromatic heterocycles. The number of carbonyl (C=O) groups excluding carboxylic acids is 9. The number of hydrogen-bond acceptors (Lipinski definition) is 16. The Kier molecular flexibility index (Phi) is 28.4. The quantitative estimate of drug-likeness (QED) is 0.0178. The number of nitrogens with zero attached hydrogens (tertiary/aromatic N) is 1. The molecule has 10 atom stereocenters. The van der Waals surface area contributed by atoms with E-state index in [-0.39, 0.29) is 68.4 Å². The topological polar surface area (TPSA) is 502 Å². The van der Waals surface area contributed by atoms with E-state index in [4.69, 9.17) is 22.9 Å². The van der Waals surface area contributed by atoms with Gasteiger partial charge in [-0.3, -0.25) is 52.9 Å². The minimum absolute atomic E-state index is 0.0192. The molecule has 0 aliphatic carbocycles. The lowest BCUT2D eigenvalue weighted by atomic mass is 9.97. The smallest absolute Gasteiger partial charge is 0.326 e. The number of nitrogens with two attached hydrogens (primary N) is 4. The number of phenols is 2. The van der Waals surface area contributed by atoms with Crippen LogP contribution >= 0.6 is 0 Å². The van der Waals surface area contributed by atoms with Crippen molar-refractivity contribution in [1.29, 1.82) is 0 Å². The van der Waals surface area contributed by atoms with E-state index in [2.05, 4.69) is 47.5 Å². The molecule has 0 fully saturated rings. The molecule has 80 heavy (non-hydrogen) atoms. The molecule has 29 heteroatoms. The summed E-state index contributed by atoms with van der Waals surface area (Å²) >= 11 is 0. The van der Waals surface area contributed by atoms with Crippen molar-refractivity contribution in [1.82, 2.24) is 42.5 Å². The molecule has 2 aromatic rings. The minimum Gasteiger partial charge on any atom is -0.508 e. The van der Waals surface area contributed by atoms with Crippen molar-refractivity contribution in [2.75, 3.05) is 13.2 Å². The molecule has 0 bridgehead atoms. The number of nitrogens with one attached hydrogen (secondary N) is 8. The molecule has 442 valence electrons. The monoisotopic (exact) mass is 1130 g/mol. The molecule has 0 aliphatic rings. The summed E-state index contributed by atoms with van der Waals surface area (Å²) in [6.07, 6.45) is -2.57. The van der Waals surface area contributed by atoms with E-state index in [1.54, 1.807) is 27.7 Å². The number of aliphatic hydroxyl groups is 1. The highest BCUT2D eigenvalue weighted by molar-refractivity contribution is 5.99. The zero-order valence-electron chi connectivity index (χ0n) is 45.2. The molecule has 0 spiro atoms. The molecule has 2 aromatic carbocycles. The van der Waals surface area contributed by atoms with Crippen LogP contribution in [-0.2, 0) is 65.6 Å². The number of aliphatic hydroxyl groups excluding tert-OH is 1. The molecule has 21 N–H and O–H groups in total. The largest absolute Gasteiger partial charge is 0.508 e. The number of primary amides is 1. The van der Waals surface area contributed by atoms with Gasteiger partial charge in [0.05, 0.1) is 13.0 Å². The molecule has 29 nitrogen and oxygen atoms in total. The van der Waals surface area contributed by atoms with Gasteiger partial charge in [-0.1, -0.05) is 58.4 Å². The average Bonchev–Trinajstić information content (AvgIpc) is 3.38. The maximum atomic E-state index is 14.1. The number of aliphatic imine (C=N–C) groups is 1. The normalized spacial score (nSPS) is 14.8. The van der Waals surface area contributed by atoms with Crippen molar-refractivity contribution in [3.63, 3.8) is 0 Å². The number of carboxylic acid groups (broad SMARTS) is 2. The van der Waals surface area contributed by atoms with Gasteiger partial charge in [0.15, 0.2) is 5.96 Å². The Bertz CT molecular complexity index is 2490. The van der Waals surface area contributed by atoms with Gasteiger partial charge in [0.25, 0.3) is 0 Å². The highest BCUT2D eigenvalue weighted by Crippen LogP contribution is 2.16. The number of carboxylic acids is 2. The fraction of sp³-hybridized carbons (Fsp3) is 0.529. The first-order valence-corrected chi connectivity index (χ1v) is 25.7. The Hall–Kier alpha value is -8.60. The molecule has 2 rings (SSSR count). The van der Waals surface area contributed by atoms with Crippen molar-refractivity contribution in [2.45, 2.75) is 147 Å². The van der Waals surface area contributed by atoms with Crippen LogP contribution in [0.25, 0.3) is 0 Å². The van der Waals surface area contributed by atoms with Crippen LogP contribution in [0.5, 0.6) is 11.5 Å². The van der Waals surface area contributed by atoms with E-state index in [1.807, 2.05) is 0 Å². The highest BCUT2D eigenvalue weighted by atomic mass is 16.4. The van der Waals surface area contributed by atoms with Crippen molar-refractivity contribution < 1.29 is 78.3 Å². The second-order valence-corrected chi connectivity index (χ2v) is 19.5. The highest BCUT2D eigenvalue weighted by Gasteiger charge is 2.36. The van der Waals surface area contributed by atoms with Crippen molar-refractivity contribution in [3.8, 4) is 11.5 Å². The Balaban J connectivity index is 2.44. The summed E-state index contributed by atoms with van der Waals surface area (Å²) in [5.41, 5.74) is 22.9. The molecule has 0 saturated carbocycles. The van der Waals surface area contributed by atoms with Crippen LogP contribution in [0.15, 0.2) is 53.5 Å². The van der Waals surface area contributed by atoms with Crippen LogP contribution in [0.3, 0.4) is 0 Å². The Morgan fingerprint density at radius 2 is 0.988 bits per heavy atom. The summed E-state index contributed by atoms with van der Waals surface area (Å²) in [5.74, 6) is -13.3. The van der Waals surface area contributed by atoms with Crippen molar-refractivity contribution in [2.24, 2.45) is 39.8 Å². The predicted octanol–water partition coefficient (Wildman–Crippen LogP) is -3.93. The number of hydrogen-bond donors (Lipinski definition) is 17. The SMILES string of the molecule is CC[C@H](C)[C@H](NC(=O)[C@H](CCC(=O)O)NC(=O)[C@H](CC(N)=O)NC(=O)[C@H](CCCN=C(N)N)NC(=O)[C@H](Cc1ccc(O)cc1)NC(=O)[C@@H](N)CO)C(=O)N[C@@H](C)C(=O)N[C@@H](Cc1ccc(O)cc1)C(=O)N[C@@H](CC(C)C)C(=O)O. The first kappa shape index (κ1) is 67.5. The van der Waals surface area contributed by atoms with Gasteiger partial charge in [-0.2, -0.15) is 0 Å². The van der Waals surface area contributed by atoms with Crippen LogP contribution in [0.4, 0.5) is 0 Å². The van der Waals surface area contributed by atoms with Crippen LogP contribution in [0, 0.1) is 11.8 Å². The lowest BCUT2D eigenvalue weighted by molar-refractivity contribution is -0.143. The Morgan fingerprint density at radius 1 is 0.550 bits per heavy atom. The van der Waals surface area contributed by atoms with Gasteiger partial charge < -0.3 is 91.0 Å². The number of phenolic OH excluding ortho intramolecular Hbond substituents is 2. The fourth-order valence-electron chi connectivity index (χ4n) is 7.64. The zero-order valence-corrected chi connectivity index (χ0v) is 45.2. The molecular weight excluding hydrogens is 1050 g/mol. The summed E-state index contributed by atoms with van der Waals surface area (Å²) < 4.78 is 0. The first-order valence-electron chi connectivity index (χ1n) is 25.7. The van der Waals surface area contributed by atoms with Gasteiger partial charge in [0.2, 0.25) is 53.2 Å². The van der Waals surface area contributed by atoms with E-state index in [9.17, 15) is 78.3 Å². The van der Waals surface area contributed by atoms with E-state index >= 15 is 0 Å². The fourth-order valence-corrected chi connectivity index (χ4v) is 7.64. The third kappa shape index (κ3) is 24.4. The molecule has 0 saturated heterocycles. The van der Waals surface area contributed by atoms with Crippen LogP contribution in [-0.4, -0.2) is 164 Å². The molecular formula is C51H77N13O16. The van der Waals surface area contributed by atoms with Gasteiger partial charge in [0.1, 0.15) is 65.9 Å². The lowest BCUT2D eigenvalue weighted by Gasteiger charge is -2.29. The Morgan fingerprint density at radius 3 is 1.44 bits per heavy atom. The number of rotatable bonds is 35. The lowest BCUT2D eigenvalue weighted by Crippen LogP contribution is -2.61. The second-order valence-electron chi connectivity index (χ2n) is 19.5. The molecule has 0 radical (unpaired) electrons. The van der Waals surface area contributed by atoms with E-state index in [0.717, 1.165) is 0 Å². The second kappa shape index (κ2) is 33.6. The Labute approximate surface area is 461 Å². The number of amides is 9. The number of carbonyl (C=O) groups is 11. The maximum Gasteiger partial charge on any atom is 0.326 e. The van der Waals surface area contributed by atoms with Gasteiger partial charge >= 0.3 is 11.9 Å². The number of guanidine groups is 1. The maximum absolute atomic E-state index is 14.1. The summed E-state index contributed by atoms with van der Waals surface area (Å²) in [6, 6.07) is -2.56. The summed E-state index contributed by atoms with van der Waals surface area (Å²) in [7, 11) is 0. The van der Waals surface area contributed by atoms with Crippen LogP contribution < -0.4 is 65.5 Å². The van der Waals surface area contributed by atoms with Crippen LogP contribution in [0.2, 0.25) is 0 Å². The summed E-state index contributed by atoms with van der Waals surface area (Å²) in [4.78, 5) is 150. The van der Waals surface area contributed by atoms with Gasteiger partial charge in [0, 0.05) is 25.8 Å². The first-order chi connectivity index (χ1) is 37.5. The summed E-state index contributed by atoms with van der Waals surface area (Å²) in [6.45, 7) is 7.15. The van der Waals surface area contributed by atoms with Gasteiger partial charge in [-0.25, -0.2) is 4.79 Å². The molecule has 9 amide bonds. The third-order valence-electron chi connectivity index (χ3n) is 12.3. The number of aliphatic carboxylic acids is 2. The van der Waals surface area contributed by atoms with Gasteiger partial charge in [-0.15, -0.1) is 0 Å². The van der Waals surface area contributed by atoms with E-state index in [1.165, 1.54) is 55.5 Å². The molecule has 0 unspecified atom stereocenters. The zero-order chi connectivity index (χ0) is 60.4. The standard InChI is InChI=1S/C51H77N13O16/c1-6-26(4)41(49(78)57-27(5)42(71)60-35(21-28-9-13-30(66)14-10-28)47(76)63-38(50(79)80)20-25(2)3)64-45(74)34(17-18-40(69)70)59-48(77)37(23-39(53)68)62-44(73)33(8-7-19-56-51(54)55)58-46(75)36(61-43(72)32(52)24-65)22-29-11-15-31(67)16-12-29/h9-16,25-27,32-38,41,65-67H,6-8,17-24,52H2,1-5H3,(H2,53,68)(H,57,78)(H,58,75)(H,59,77)(H,60,71)(H,61,72)(H,62,73)(H,63,76)(H,64,74)(H,69,70)(H,79,80)(H4,54,55,56)/t26-,27-,32-,33-,34-,35-,36-,37-,38-,41-/m0/s1. The van der Waals surface area contributed by atoms with Crippen molar-refractivity contribution in [3.05, 3.63) is 59.7 Å². The average molecular weight is 1130 g/mol. The number of benzene rings is 2. The van der Waals surface area contributed by atoms with Crippen LogP contribution in [0.1, 0.15) is 90.7 Å².